The van der Waals surface area contributed by atoms with Gasteiger partial charge >= 0.3 is 6.18 Å². The second-order valence-electron chi connectivity index (χ2n) is 6.81. The summed E-state index contributed by atoms with van der Waals surface area (Å²) in [5, 5.41) is 24.4. The molecule has 0 unspecified atom stereocenters. The van der Waals surface area contributed by atoms with Crippen molar-refractivity contribution in [1.29, 1.82) is 10.7 Å². The monoisotopic (exact) mass is 440 g/mol. The molecular formula is C20H21F5N6. The lowest BCUT2D eigenvalue weighted by Gasteiger charge is -2.36. The Morgan fingerprint density at radius 2 is 2.00 bits per heavy atom. The van der Waals surface area contributed by atoms with Crippen molar-refractivity contribution in [3.63, 3.8) is 0 Å². The Morgan fingerprint density at radius 3 is 2.52 bits per heavy atom. The summed E-state index contributed by atoms with van der Waals surface area (Å²) >= 11 is 0. The predicted molar refractivity (Wildman–Crippen MR) is 110 cm³/mol. The van der Waals surface area contributed by atoms with Gasteiger partial charge in [0.15, 0.2) is 0 Å². The van der Waals surface area contributed by atoms with E-state index >= 15 is 0 Å². The van der Waals surface area contributed by atoms with Gasteiger partial charge < -0.3 is 21.4 Å². The molecule has 0 heterocycles. The Labute approximate surface area is 176 Å². The molecule has 0 atom stereocenters. The summed E-state index contributed by atoms with van der Waals surface area (Å²) in [6.07, 6.45) is -4.38. The second-order valence-corrected chi connectivity index (χ2v) is 6.81. The van der Waals surface area contributed by atoms with E-state index in [1.807, 2.05) is 6.07 Å². The quantitative estimate of drug-likeness (QED) is 0.154. The van der Waals surface area contributed by atoms with Crippen LogP contribution in [-0.4, -0.2) is 36.7 Å². The molecule has 0 aromatic heterocycles. The highest BCUT2D eigenvalue weighted by atomic mass is 19.4. The van der Waals surface area contributed by atoms with Gasteiger partial charge in [-0.25, -0.2) is 13.8 Å². The standard InChI is InChI=1S/C20H21F5N6/c1-3-15(20(23,24)25)18(31-13-9-19(21,22)10-13)30-12(2)29-17-6-4-5-16(14(17)11-27)28-8-7-26/h3-6,11,13,27-28,31H,1,8-10H2,2H3,(H,29,30)/b18-15-,27-11?. The Hall–Kier alpha value is -3.42. The van der Waals surface area contributed by atoms with Crippen molar-refractivity contribution in [2.24, 2.45) is 4.99 Å². The van der Waals surface area contributed by atoms with E-state index in [9.17, 15) is 22.0 Å². The van der Waals surface area contributed by atoms with Crippen molar-refractivity contribution in [1.82, 2.24) is 5.32 Å². The highest BCUT2D eigenvalue weighted by Crippen LogP contribution is 2.39. The molecule has 2 rings (SSSR count). The van der Waals surface area contributed by atoms with Crippen molar-refractivity contribution in [2.45, 2.75) is 37.9 Å². The van der Waals surface area contributed by atoms with Gasteiger partial charge in [-0.1, -0.05) is 18.7 Å². The summed E-state index contributed by atoms with van der Waals surface area (Å²) < 4.78 is 66.4. The summed E-state index contributed by atoms with van der Waals surface area (Å²) in [5.74, 6) is -3.51. The van der Waals surface area contributed by atoms with Crippen molar-refractivity contribution >= 4 is 23.4 Å². The van der Waals surface area contributed by atoms with Crippen molar-refractivity contribution < 1.29 is 22.0 Å². The number of benzene rings is 1. The fraction of sp³-hybridized carbons (Fsp3) is 0.350. The maximum Gasteiger partial charge on any atom is 0.419 e. The lowest BCUT2D eigenvalue weighted by atomic mass is 9.88. The Bertz CT molecular complexity index is 934. The van der Waals surface area contributed by atoms with E-state index in [0.717, 1.165) is 6.21 Å². The molecule has 1 aromatic rings. The lowest BCUT2D eigenvalue weighted by molar-refractivity contribution is -0.0946. The Kier molecular flexibility index (Phi) is 7.38. The first-order valence-corrected chi connectivity index (χ1v) is 9.15. The van der Waals surface area contributed by atoms with Gasteiger partial charge in [-0.3, -0.25) is 0 Å². The molecule has 0 spiro atoms. The number of nitrogens with zero attached hydrogens (tertiary/aromatic N) is 2. The summed E-state index contributed by atoms with van der Waals surface area (Å²) in [6.45, 7) is 4.56. The number of hydrogen-bond acceptors (Lipinski definition) is 5. The molecule has 0 aliphatic heterocycles. The number of hydrogen-bond donors (Lipinski definition) is 4. The normalized spacial score (nSPS) is 17.0. The molecule has 0 radical (unpaired) electrons. The zero-order valence-electron chi connectivity index (χ0n) is 16.6. The van der Waals surface area contributed by atoms with Gasteiger partial charge in [-0.15, -0.1) is 0 Å². The van der Waals surface area contributed by atoms with Crippen LogP contribution in [-0.2, 0) is 0 Å². The molecule has 166 valence electrons. The van der Waals surface area contributed by atoms with E-state index in [-0.39, 0.29) is 12.4 Å². The molecule has 0 amide bonds. The largest absolute Gasteiger partial charge is 0.419 e. The SMILES string of the molecule is C=C/C(=C(\N=C(C)Nc1cccc(NCC#N)c1C=N)NC1CC(F)(F)C1)C(F)(F)F. The molecule has 1 saturated carbocycles. The maximum atomic E-state index is 13.4. The van der Waals surface area contributed by atoms with Crippen LogP contribution in [0, 0.1) is 16.7 Å². The summed E-state index contributed by atoms with van der Waals surface area (Å²) in [6, 6.07) is 5.90. The minimum Gasteiger partial charge on any atom is -0.372 e. The first-order valence-electron chi connectivity index (χ1n) is 9.15. The highest BCUT2D eigenvalue weighted by molar-refractivity contribution is 6.02. The van der Waals surface area contributed by atoms with Crippen LogP contribution in [0.2, 0.25) is 0 Å². The first-order chi connectivity index (χ1) is 14.5. The number of nitriles is 1. The smallest absolute Gasteiger partial charge is 0.372 e. The van der Waals surface area contributed by atoms with Gasteiger partial charge in [0, 0.05) is 36.3 Å². The number of alkyl halides is 5. The highest BCUT2D eigenvalue weighted by Gasteiger charge is 2.46. The third-order valence-electron chi connectivity index (χ3n) is 4.40. The number of nitrogens with one attached hydrogen (secondary N) is 4. The molecule has 6 nitrogen and oxygen atoms in total. The van der Waals surface area contributed by atoms with Gasteiger partial charge in [-0.2, -0.15) is 18.4 Å². The molecular weight excluding hydrogens is 419 g/mol. The Balaban J connectivity index is 2.36. The molecule has 4 N–H and O–H groups in total. The fourth-order valence-electron chi connectivity index (χ4n) is 2.98. The van der Waals surface area contributed by atoms with Crippen LogP contribution in [0.1, 0.15) is 25.3 Å². The molecule has 11 heteroatoms. The van der Waals surface area contributed by atoms with Gasteiger partial charge in [-0.05, 0) is 19.1 Å². The number of aliphatic imine (C=N–C) groups is 1. The first kappa shape index (κ1) is 23.9. The van der Waals surface area contributed by atoms with E-state index in [1.54, 1.807) is 18.2 Å². The third-order valence-corrected chi connectivity index (χ3v) is 4.40. The zero-order chi connectivity index (χ0) is 23.2. The summed E-state index contributed by atoms with van der Waals surface area (Å²) in [4.78, 5) is 3.94. The second kappa shape index (κ2) is 9.59. The molecule has 31 heavy (non-hydrogen) atoms. The fourth-order valence-corrected chi connectivity index (χ4v) is 2.98. The van der Waals surface area contributed by atoms with E-state index in [1.165, 1.54) is 6.92 Å². The van der Waals surface area contributed by atoms with Crippen LogP contribution in [0.4, 0.5) is 33.3 Å². The number of rotatable bonds is 8. The molecule has 0 bridgehead atoms. The molecule has 1 aliphatic rings. The Morgan fingerprint density at radius 1 is 1.35 bits per heavy atom. The predicted octanol–water partition coefficient (Wildman–Crippen LogP) is 4.80. The van der Waals surface area contributed by atoms with E-state index in [2.05, 4.69) is 27.5 Å². The van der Waals surface area contributed by atoms with Crippen molar-refractivity contribution in [3.05, 3.63) is 47.8 Å². The number of halogens is 5. The zero-order valence-corrected chi connectivity index (χ0v) is 16.6. The van der Waals surface area contributed by atoms with Gasteiger partial charge in [0.2, 0.25) is 0 Å². The number of anilines is 2. The van der Waals surface area contributed by atoms with Crippen LogP contribution in [0.3, 0.4) is 0 Å². The van der Waals surface area contributed by atoms with Crippen molar-refractivity contribution in [2.75, 3.05) is 17.2 Å². The molecule has 1 aromatic carbocycles. The summed E-state index contributed by atoms with van der Waals surface area (Å²) in [5.41, 5.74) is 0.0210. The van der Waals surface area contributed by atoms with Gasteiger partial charge in [0.25, 0.3) is 5.92 Å². The van der Waals surface area contributed by atoms with Crippen LogP contribution >= 0.6 is 0 Å². The van der Waals surface area contributed by atoms with Crippen molar-refractivity contribution in [3.8, 4) is 6.07 Å². The van der Waals surface area contributed by atoms with E-state index < -0.39 is 42.4 Å². The third kappa shape index (κ3) is 6.28. The van der Waals surface area contributed by atoms with Crippen LogP contribution in [0.15, 0.2) is 47.2 Å². The lowest BCUT2D eigenvalue weighted by Crippen LogP contribution is -2.48. The maximum absolute atomic E-state index is 13.4. The molecule has 1 aliphatic carbocycles. The topological polar surface area (TPSA) is 96.1 Å². The van der Waals surface area contributed by atoms with Crippen LogP contribution in [0.25, 0.3) is 0 Å². The number of allylic oxidation sites excluding steroid dienone is 2. The van der Waals surface area contributed by atoms with E-state index in [4.69, 9.17) is 10.7 Å². The molecule has 1 fully saturated rings. The summed E-state index contributed by atoms with van der Waals surface area (Å²) in [7, 11) is 0. The van der Waals surface area contributed by atoms with Crippen LogP contribution < -0.4 is 16.0 Å². The van der Waals surface area contributed by atoms with Gasteiger partial charge in [0.05, 0.1) is 17.3 Å². The van der Waals surface area contributed by atoms with E-state index in [0.29, 0.717) is 23.0 Å². The minimum atomic E-state index is -4.79. The van der Waals surface area contributed by atoms with Crippen LogP contribution in [0.5, 0.6) is 0 Å². The average Bonchev–Trinajstić information content (AvgIpc) is 2.64. The minimum absolute atomic E-state index is 0.00549. The van der Waals surface area contributed by atoms with Gasteiger partial charge in [0.1, 0.15) is 18.2 Å². The average molecular weight is 440 g/mol. The molecule has 0 saturated heterocycles. The number of amidine groups is 1.